The maximum absolute atomic E-state index is 14.2. The lowest BCUT2D eigenvalue weighted by Crippen LogP contribution is -2.62. The number of carbonyl (C=O) groups excluding carboxylic acids is 1. The average molecular weight is 589 g/mol. The number of halogens is 1. The minimum absolute atomic E-state index is 0.0133. The molecule has 0 saturated carbocycles. The first kappa shape index (κ1) is 27.2. The predicted octanol–water partition coefficient (Wildman–Crippen LogP) is 6.09. The molecule has 0 amide bonds. The van der Waals surface area contributed by atoms with E-state index in [2.05, 4.69) is 4.94 Å². The van der Waals surface area contributed by atoms with Crippen LogP contribution in [0.5, 0.6) is 40.2 Å². The second kappa shape index (κ2) is 8.90. The largest absolute Gasteiger partial charge is 0.508 e. The van der Waals surface area contributed by atoms with Gasteiger partial charge in [0, 0.05) is 34.7 Å². The maximum Gasteiger partial charge on any atom is 0.318 e. The number of carbonyl (C=O) groups is 1. The Morgan fingerprint density at radius 3 is 2.56 bits per heavy atom. The number of aliphatic hydroxyl groups is 1. The van der Waals surface area contributed by atoms with Gasteiger partial charge in [-0.05, 0) is 74.9 Å². The third kappa shape index (κ3) is 3.75. The summed E-state index contributed by atoms with van der Waals surface area (Å²) in [4.78, 5) is 18.1. The lowest BCUT2D eigenvalue weighted by Gasteiger charge is -2.44. The zero-order valence-corrected chi connectivity index (χ0v) is 23.6. The quantitative estimate of drug-likeness (QED) is 0.267. The van der Waals surface area contributed by atoms with Crippen molar-refractivity contribution in [2.24, 2.45) is 0 Å². The van der Waals surface area contributed by atoms with Gasteiger partial charge in [-0.15, -0.1) is 0 Å². The van der Waals surface area contributed by atoms with Crippen LogP contribution in [-0.4, -0.2) is 37.6 Å². The first-order chi connectivity index (χ1) is 20.4. The molecule has 4 aliphatic rings. The lowest BCUT2D eigenvalue weighted by atomic mass is 9.72. The van der Waals surface area contributed by atoms with Gasteiger partial charge in [0.15, 0.2) is 5.75 Å². The van der Waals surface area contributed by atoms with Gasteiger partial charge in [0.1, 0.15) is 45.7 Å². The molecular formula is C33H29FO9. The standard InChI is InChI=1S/C33H29FO9/c1-16(2)8-9-32-22-7-5-20(43-34)12-25(22)42-33(32,39)30(38)28-26(41-32)13-23(36)27(29(28)37)18-10-17-14-31(3,15-18)40-24-11-19(35)4-6-21(17)24/h4-8,11-13,15,17,35-37,39H,9-10,14H2,1-3H3. The molecule has 0 aromatic heterocycles. The van der Waals surface area contributed by atoms with Crippen LogP contribution in [0.4, 0.5) is 4.53 Å². The van der Waals surface area contributed by atoms with Gasteiger partial charge < -0.3 is 34.6 Å². The van der Waals surface area contributed by atoms with Crippen molar-refractivity contribution < 1.29 is 48.9 Å². The first-order valence-electron chi connectivity index (χ1n) is 13.9. The van der Waals surface area contributed by atoms with Crippen LogP contribution < -0.4 is 19.2 Å². The number of phenols is 3. The Balaban J connectivity index is 1.36. The van der Waals surface area contributed by atoms with Gasteiger partial charge in [-0.3, -0.25) is 9.74 Å². The Labute approximate surface area is 245 Å². The Morgan fingerprint density at radius 2 is 1.81 bits per heavy atom. The topological polar surface area (TPSA) is 135 Å². The van der Waals surface area contributed by atoms with Crippen LogP contribution in [0.3, 0.4) is 0 Å². The van der Waals surface area contributed by atoms with Crippen LogP contribution in [0.15, 0.2) is 60.2 Å². The van der Waals surface area contributed by atoms with Crippen molar-refractivity contribution in [1.29, 1.82) is 0 Å². The molecule has 3 aromatic carbocycles. The van der Waals surface area contributed by atoms with E-state index in [-0.39, 0.29) is 57.8 Å². The van der Waals surface area contributed by atoms with E-state index >= 15 is 0 Å². The molecule has 3 aromatic rings. The number of ketones is 1. The van der Waals surface area contributed by atoms with Crippen LogP contribution in [0.25, 0.3) is 5.57 Å². The van der Waals surface area contributed by atoms with E-state index in [1.807, 2.05) is 20.8 Å². The third-order valence-electron chi connectivity index (χ3n) is 8.84. The monoisotopic (exact) mass is 588 g/mol. The second-order valence-electron chi connectivity index (χ2n) is 12.1. The highest BCUT2D eigenvalue weighted by molar-refractivity contribution is 6.10. The zero-order valence-electron chi connectivity index (χ0n) is 23.6. The molecule has 4 N–H and O–H groups in total. The van der Waals surface area contributed by atoms with Crippen LogP contribution in [0, 0.1) is 0 Å². The molecule has 4 unspecified atom stereocenters. The molecule has 222 valence electrons. The predicted molar refractivity (Wildman–Crippen MR) is 151 cm³/mol. The molecule has 43 heavy (non-hydrogen) atoms. The van der Waals surface area contributed by atoms with Crippen LogP contribution in [0.1, 0.15) is 73.0 Å². The minimum atomic E-state index is -2.64. The number of allylic oxidation sites excluding steroid dienone is 2. The van der Waals surface area contributed by atoms with Gasteiger partial charge >= 0.3 is 5.79 Å². The van der Waals surface area contributed by atoms with Crippen molar-refractivity contribution in [3.05, 3.63) is 82.4 Å². The number of aromatic hydroxyl groups is 3. The van der Waals surface area contributed by atoms with Crippen LogP contribution in [-0.2, 0) is 5.60 Å². The first-order valence-corrected chi connectivity index (χ1v) is 13.9. The third-order valence-corrected chi connectivity index (χ3v) is 8.84. The fraction of sp³-hybridized carbons (Fsp3) is 0.303. The molecule has 2 bridgehead atoms. The van der Waals surface area contributed by atoms with E-state index in [0.29, 0.717) is 24.2 Å². The maximum atomic E-state index is 14.2. The summed E-state index contributed by atoms with van der Waals surface area (Å²) in [5, 5.41) is 44.9. The number of ether oxygens (including phenoxy) is 3. The van der Waals surface area contributed by atoms with Crippen molar-refractivity contribution in [3.63, 3.8) is 0 Å². The summed E-state index contributed by atoms with van der Waals surface area (Å²) in [6.07, 6.45) is 4.57. The molecule has 0 saturated heterocycles. The van der Waals surface area contributed by atoms with Gasteiger partial charge in [0.05, 0.1) is 5.56 Å². The minimum Gasteiger partial charge on any atom is -0.508 e. The Kier molecular flexibility index (Phi) is 5.62. The van der Waals surface area contributed by atoms with E-state index < -0.39 is 28.5 Å². The number of hydrogen-bond donors (Lipinski definition) is 4. The molecule has 4 atom stereocenters. The summed E-state index contributed by atoms with van der Waals surface area (Å²) < 4.78 is 31.4. The van der Waals surface area contributed by atoms with E-state index in [4.69, 9.17) is 14.2 Å². The molecule has 1 aliphatic carbocycles. The lowest BCUT2D eigenvalue weighted by molar-refractivity contribution is -0.201. The van der Waals surface area contributed by atoms with Crippen molar-refractivity contribution >= 4 is 11.4 Å². The van der Waals surface area contributed by atoms with Crippen LogP contribution in [0.2, 0.25) is 0 Å². The average Bonchev–Trinajstić information content (AvgIpc) is 3.19. The number of benzene rings is 3. The summed E-state index contributed by atoms with van der Waals surface area (Å²) in [5.74, 6) is -4.30. The van der Waals surface area contributed by atoms with Crippen molar-refractivity contribution in [2.45, 2.75) is 62.9 Å². The van der Waals surface area contributed by atoms with E-state index in [1.165, 1.54) is 24.3 Å². The summed E-state index contributed by atoms with van der Waals surface area (Å²) >= 11 is 0. The fourth-order valence-electron chi connectivity index (χ4n) is 6.97. The number of hydrogen-bond acceptors (Lipinski definition) is 9. The molecule has 7 rings (SSSR count). The zero-order chi connectivity index (χ0) is 30.5. The van der Waals surface area contributed by atoms with Crippen molar-refractivity contribution in [3.8, 4) is 40.2 Å². The van der Waals surface area contributed by atoms with Gasteiger partial charge in [-0.1, -0.05) is 17.7 Å². The van der Waals surface area contributed by atoms with Crippen LogP contribution >= 0.6 is 0 Å². The highest BCUT2D eigenvalue weighted by atomic mass is 19.3. The Bertz CT molecular complexity index is 1790. The van der Waals surface area contributed by atoms with Crippen molar-refractivity contribution in [2.75, 3.05) is 0 Å². The summed E-state index contributed by atoms with van der Waals surface area (Å²) in [5.41, 5.74) is -0.407. The van der Waals surface area contributed by atoms with E-state index in [1.54, 1.807) is 30.4 Å². The number of rotatable bonds is 4. The summed E-state index contributed by atoms with van der Waals surface area (Å²) in [6, 6.07) is 10.1. The molecule has 10 heteroatoms. The number of fused-ring (bicyclic) bond motifs is 8. The Morgan fingerprint density at radius 1 is 1.02 bits per heavy atom. The molecule has 0 fully saturated rings. The highest BCUT2D eigenvalue weighted by Crippen LogP contribution is 2.60. The van der Waals surface area contributed by atoms with Crippen molar-refractivity contribution in [1.82, 2.24) is 0 Å². The molecular weight excluding hydrogens is 559 g/mol. The summed E-state index contributed by atoms with van der Waals surface area (Å²) in [6.45, 7) is 5.55. The fourth-order valence-corrected chi connectivity index (χ4v) is 6.97. The molecule has 9 nitrogen and oxygen atoms in total. The smallest absolute Gasteiger partial charge is 0.318 e. The van der Waals surface area contributed by atoms with Gasteiger partial charge in [0.25, 0.3) is 0 Å². The van der Waals surface area contributed by atoms with Gasteiger partial charge in [0.2, 0.25) is 11.4 Å². The van der Waals surface area contributed by atoms with Gasteiger partial charge in [-0.2, -0.15) is 0 Å². The normalized spacial score (nSPS) is 27.7. The molecule has 3 heterocycles. The number of Topliss-reactive ketones (excluding diaryl/α,β-unsaturated/α-hetero) is 1. The SMILES string of the molecule is CC(C)=CCC12Oc3cc(O)c(C4=CC5(C)CC(C4)c4ccc(O)cc4O5)c(O)c3C(=O)C1(O)Oc1cc(OF)ccc12. The van der Waals surface area contributed by atoms with E-state index in [0.717, 1.165) is 11.1 Å². The van der Waals surface area contributed by atoms with E-state index in [9.17, 15) is 29.7 Å². The molecule has 0 radical (unpaired) electrons. The molecule has 3 aliphatic heterocycles. The molecule has 0 spiro atoms. The summed E-state index contributed by atoms with van der Waals surface area (Å²) in [7, 11) is 0. The second-order valence-corrected chi connectivity index (χ2v) is 12.1. The number of phenolic OH excluding ortho intramolecular Hbond substituents is 3. The van der Waals surface area contributed by atoms with Gasteiger partial charge in [-0.25, -0.2) is 0 Å². The highest BCUT2D eigenvalue weighted by Gasteiger charge is 2.69. The Hall–Kier alpha value is -4.70.